The zero-order valence-electron chi connectivity index (χ0n) is 13.3. The summed E-state index contributed by atoms with van der Waals surface area (Å²) in [6.45, 7) is 4.84. The first-order chi connectivity index (χ1) is 10.4. The fraction of sp³-hybridized carbons (Fsp3) is 0.625. The summed E-state index contributed by atoms with van der Waals surface area (Å²) in [5.41, 5.74) is 1.50. The van der Waals surface area contributed by atoms with Crippen LogP contribution in [-0.2, 0) is 4.79 Å². The van der Waals surface area contributed by atoms with E-state index in [1.54, 1.807) is 0 Å². The molecule has 6 heteroatoms. The van der Waals surface area contributed by atoms with E-state index in [2.05, 4.69) is 11.4 Å². The molecule has 1 fully saturated rings. The second-order valence-electron chi connectivity index (χ2n) is 6.10. The van der Waals surface area contributed by atoms with Gasteiger partial charge in [-0.05, 0) is 45.2 Å². The number of thiophene rings is 1. The van der Waals surface area contributed by atoms with Crippen LogP contribution in [0.25, 0.3) is 0 Å². The van der Waals surface area contributed by atoms with Crippen molar-refractivity contribution in [3.63, 3.8) is 0 Å². The Kier molecular flexibility index (Phi) is 5.57. The molecule has 2 atom stereocenters. The predicted octanol–water partition coefficient (Wildman–Crippen LogP) is 2.27. The van der Waals surface area contributed by atoms with Gasteiger partial charge in [-0.15, -0.1) is 11.3 Å². The molecule has 1 saturated carbocycles. The van der Waals surface area contributed by atoms with Gasteiger partial charge in [-0.25, -0.2) is 0 Å². The number of anilines is 1. The summed E-state index contributed by atoms with van der Waals surface area (Å²) in [4.78, 5) is 15.1. The van der Waals surface area contributed by atoms with E-state index < -0.39 is 0 Å². The Bertz CT molecular complexity index is 591. The lowest BCUT2D eigenvalue weighted by Crippen LogP contribution is -2.35. The highest BCUT2D eigenvalue weighted by atomic mass is 32.1. The largest absolute Gasteiger partial charge is 0.393 e. The van der Waals surface area contributed by atoms with Crippen molar-refractivity contribution in [2.75, 3.05) is 25.5 Å². The topological polar surface area (TPSA) is 76.4 Å². The number of nitriles is 1. The Morgan fingerprint density at radius 3 is 2.82 bits per heavy atom. The van der Waals surface area contributed by atoms with Gasteiger partial charge in [0.1, 0.15) is 11.1 Å². The number of likely N-dealkylation sites (N-methyl/N-ethyl adjacent to an activating group) is 1. The van der Waals surface area contributed by atoms with Crippen LogP contribution in [0.4, 0.5) is 5.00 Å². The Hall–Kier alpha value is -1.42. The van der Waals surface area contributed by atoms with E-state index in [0.29, 0.717) is 10.6 Å². The minimum atomic E-state index is -0.238. The van der Waals surface area contributed by atoms with Crippen molar-refractivity contribution in [2.24, 2.45) is 5.92 Å². The van der Waals surface area contributed by atoms with Gasteiger partial charge in [0.2, 0.25) is 5.91 Å². The molecule has 0 aliphatic heterocycles. The highest BCUT2D eigenvalue weighted by Gasteiger charge is 2.26. The van der Waals surface area contributed by atoms with E-state index in [-0.39, 0.29) is 24.5 Å². The molecule has 120 valence electrons. The average Bonchev–Trinajstić information content (AvgIpc) is 2.94. The molecule has 5 nitrogen and oxygen atoms in total. The van der Waals surface area contributed by atoms with E-state index in [1.165, 1.54) is 11.3 Å². The van der Waals surface area contributed by atoms with Gasteiger partial charge in [0.25, 0.3) is 0 Å². The molecule has 0 bridgehead atoms. The molecule has 2 unspecified atom stereocenters. The number of amides is 1. The van der Waals surface area contributed by atoms with Gasteiger partial charge in [0.15, 0.2) is 0 Å². The second kappa shape index (κ2) is 7.23. The summed E-state index contributed by atoms with van der Waals surface area (Å²) >= 11 is 1.44. The van der Waals surface area contributed by atoms with Gasteiger partial charge in [0, 0.05) is 11.4 Å². The van der Waals surface area contributed by atoms with Crippen molar-refractivity contribution in [2.45, 2.75) is 39.2 Å². The molecule has 0 radical (unpaired) electrons. The number of hydrogen-bond donors (Lipinski definition) is 2. The maximum Gasteiger partial charge on any atom is 0.239 e. The number of hydrogen-bond acceptors (Lipinski definition) is 5. The van der Waals surface area contributed by atoms with Crippen LogP contribution in [0.3, 0.4) is 0 Å². The average molecular weight is 321 g/mol. The number of aryl methyl sites for hydroxylation is 1. The highest BCUT2D eigenvalue weighted by molar-refractivity contribution is 7.16. The highest BCUT2D eigenvalue weighted by Crippen LogP contribution is 2.31. The molecular formula is C16H23N3O2S. The summed E-state index contributed by atoms with van der Waals surface area (Å²) < 4.78 is 0. The quantitative estimate of drug-likeness (QED) is 0.872. The molecule has 1 heterocycles. The fourth-order valence-electron chi connectivity index (χ4n) is 2.96. The van der Waals surface area contributed by atoms with Gasteiger partial charge in [-0.1, -0.05) is 6.42 Å². The van der Waals surface area contributed by atoms with Gasteiger partial charge in [0.05, 0.1) is 18.2 Å². The third-order valence-electron chi connectivity index (χ3n) is 4.33. The molecule has 1 amide bonds. The van der Waals surface area contributed by atoms with Crippen LogP contribution in [0, 0.1) is 31.1 Å². The summed E-state index contributed by atoms with van der Waals surface area (Å²) in [7, 11) is 1.89. The molecule has 0 spiro atoms. The Morgan fingerprint density at radius 1 is 1.50 bits per heavy atom. The number of nitrogens with zero attached hydrogens (tertiary/aromatic N) is 2. The lowest BCUT2D eigenvalue weighted by atomic mass is 10.1. The first kappa shape index (κ1) is 16.9. The molecule has 0 saturated heterocycles. The monoisotopic (exact) mass is 321 g/mol. The second-order valence-corrected chi connectivity index (χ2v) is 7.33. The zero-order chi connectivity index (χ0) is 16.3. The van der Waals surface area contributed by atoms with Crippen LogP contribution in [0.5, 0.6) is 0 Å². The zero-order valence-corrected chi connectivity index (χ0v) is 14.2. The number of rotatable bonds is 5. The van der Waals surface area contributed by atoms with Gasteiger partial charge in [-0.3, -0.25) is 9.69 Å². The molecule has 1 aliphatic carbocycles. The molecule has 0 aromatic carbocycles. The van der Waals surface area contributed by atoms with E-state index in [0.717, 1.165) is 36.2 Å². The van der Waals surface area contributed by atoms with E-state index in [9.17, 15) is 15.2 Å². The van der Waals surface area contributed by atoms with Crippen molar-refractivity contribution in [3.05, 3.63) is 16.0 Å². The van der Waals surface area contributed by atoms with Gasteiger partial charge in [-0.2, -0.15) is 5.26 Å². The first-order valence-corrected chi connectivity index (χ1v) is 8.40. The number of aliphatic hydroxyl groups excluding tert-OH is 1. The number of carbonyl (C=O) groups excluding carboxylic acids is 1. The van der Waals surface area contributed by atoms with Crippen LogP contribution in [0.2, 0.25) is 0 Å². The van der Waals surface area contributed by atoms with E-state index in [1.807, 2.05) is 25.8 Å². The summed E-state index contributed by atoms with van der Waals surface area (Å²) in [6, 6.07) is 2.16. The molecule has 22 heavy (non-hydrogen) atoms. The van der Waals surface area contributed by atoms with Crippen molar-refractivity contribution >= 4 is 22.2 Å². The molecule has 1 aliphatic rings. The Labute approximate surface area is 135 Å². The first-order valence-electron chi connectivity index (χ1n) is 7.59. The van der Waals surface area contributed by atoms with Crippen molar-refractivity contribution < 1.29 is 9.90 Å². The lowest BCUT2D eigenvalue weighted by Gasteiger charge is -2.22. The van der Waals surface area contributed by atoms with Crippen LogP contribution >= 0.6 is 11.3 Å². The van der Waals surface area contributed by atoms with Crippen molar-refractivity contribution in [3.8, 4) is 6.07 Å². The fourth-order valence-corrected chi connectivity index (χ4v) is 3.98. The van der Waals surface area contributed by atoms with Crippen molar-refractivity contribution in [1.82, 2.24) is 4.90 Å². The smallest absolute Gasteiger partial charge is 0.239 e. The number of carbonyl (C=O) groups is 1. The van der Waals surface area contributed by atoms with Gasteiger partial charge >= 0.3 is 0 Å². The molecule has 2 N–H and O–H groups in total. The van der Waals surface area contributed by atoms with E-state index in [4.69, 9.17) is 0 Å². The van der Waals surface area contributed by atoms with Gasteiger partial charge < -0.3 is 10.4 Å². The minimum absolute atomic E-state index is 0.118. The summed E-state index contributed by atoms with van der Waals surface area (Å²) in [5, 5.41) is 22.5. The summed E-state index contributed by atoms with van der Waals surface area (Å²) in [5.74, 6) is 0.145. The Morgan fingerprint density at radius 2 is 2.23 bits per heavy atom. The minimum Gasteiger partial charge on any atom is -0.393 e. The standard InChI is InChI=1S/C16H23N3O2S/c1-10-11(2)22-16(13(10)7-17)18-15(21)9-19(3)8-12-5-4-6-14(12)20/h12,14,20H,4-6,8-9H2,1-3H3,(H,18,21). The normalized spacial score (nSPS) is 21.1. The van der Waals surface area contributed by atoms with Crippen molar-refractivity contribution in [1.29, 1.82) is 5.26 Å². The maximum absolute atomic E-state index is 12.1. The molecule has 2 rings (SSSR count). The van der Waals surface area contributed by atoms with Crippen LogP contribution in [-0.4, -0.2) is 42.2 Å². The van der Waals surface area contributed by atoms with E-state index >= 15 is 0 Å². The maximum atomic E-state index is 12.1. The third kappa shape index (κ3) is 3.86. The number of nitrogens with one attached hydrogen (secondary N) is 1. The number of aliphatic hydroxyl groups is 1. The Balaban J connectivity index is 1.90. The summed E-state index contributed by atoms with van der Waals surface area (Å²) in [6.07, 6.45) is 2.71. The predicted molar refractivity (Wildman–Crippen MR) is 88.0 cm³/mol. The lowest BCUT2D eigenvalue weighted by molar-refractivity contribution is -0.117. The molecular weight excluding hydrogens is 298 g/mol. The van der Waals surface area contributed by atoms with Crippen LogP contribution in [0.1, 0.15) is 35.3 Å². The molecule has 1 aromatic rings. The van der Waals surface area contributed by atoms with Crippen LogP contribution in [0.15, 0.2) is 0 Å². The third-order valence-corrected chi connectivity index (χ3v) is 5.45. The SMILES string of the molecule is Cc1sc(NC(=O)CN(C)CC2CCCC2O)c(C#N)c1C. The van der Waals surface area contributed by atoms with Crippen LogP contribution < -0.4 is 5.32 Å². The molecule has 1 aromatic heterocycles.